The summed E-state index contributed by atoms with van der Waals surface area (Å²) >= 11 is 0. The van der Waals surface area contributed by atoms with E-state index in [1.807, 2.05) is 19.9 Å². The monoisotopic (exact) mass is 350 g/mol. The number of nitrogens with zero attached hydrogens (tertiary/aromatic N) is 4. The Bertz CT molecular complexity index is 1040. The molecule has 3 aromatic rings. The highest BCUT2D eigenvalue weighted by atomic mass is 16.3. The fourth-order valence-corrected chi connectivity index (χ4v) is 3.44. The van der Waals surface area contributed by atoms with Crippen LogP contribution in [0.2, 0.25) is 0 Å². The van der Waals surface area contributed by atoms with Crippen LogP contribution in [0.4, 0.5) is 11.5 Å². The van der Waals surface area contributed by atoms with Gasteiger partial charge >= 0.3 is 0 Å². The van der Waals surface area contributed by atoms with E-state index in [-0.39, 0.29) is 11.4 Å². The molecule has 0 fully saturated rings. The molecular weight excluding hydrogens is 332 g/mol. The molecule has 1 amide bonds. The number of rotatable bonds is 2. The molecular formula is C18H18N6O2. The minimum atomic E-state index is -1.91. The van der Waals surface area contributed by atoms with Gasteiger partial charge in [0.15, 0.2) is 0 Å². The lowest BCUT2D eigenvalue weighted by molar-refractivity contribution is -0.129. The number of anilines is 2. The van der Waals surface area contributed by atoms with Crippen molar-refractivity contribution in [1.29, 1.82) is 0 Å². The lowest BCUT2D eigenvalue weighted by Crippen LogP contribution is -2.36. The number of para-hydroxylation sites is 1. The van der Waals surface area contributed by atoms with Gasteiger partial charge in [0.05, 0.1) is 11.3 Å². The van der Waals surface area contributed by atoms with E-state index in [1.165, 1.54) is 4.68 Å². The summed E-state index contributed by atoms with van der Waals surface area (Å²) in [6, 6.07) is 8.80. The van der Waals surface area contributed by atoms with Gasteiger partial charge in [0, 0.05) is 22.6 Å². The Hall–Kier alpha value is -3.26. The van der Waals surface area contributed by atoms with E-state index in [2.05, 4.69) is 20.4 Å². The number of aliphatic hydroxyl groups is 1. The molecule has 4 N–H and O–H groups in total. The molecule has 0 radical (unpaired) electrons. The van der Waals surface area contributed by atoms with Gasteiger partial charge in [-0.15, -0.1) is 0 Å². The number of nitrogen functional groups attached to an aromatic ring is 1. The predicted octanol–water partition coefficient (Wildman–Crippen LogP) is 1.36. The summed E-state index contributed by atoms with van der Waals surface area (Å²) in [6.07, 6.45) is 0. The number of benzene rings is 1. The van der Waals surface area contributed by atoms with Crippen LogP contribution in [0, 0.1) is 20.8 Å². The Labute approximate surface area is 149 Å². The Kier molecular flexibility index (Phi) is 3.35. The fourth-order valence-electron chi connectivity index (χ4n) is 3.44. The number of hydrogen-bond acceptors (Lipinski definition) is 6. The van der Waals surface area contributed by atoms with Crippen molar-refractivity contribution >= 4 is 17.4 Å². The first-order valence-electron chi connectivity index (χ1n) is 8.14. The maximum absolute atomic E-state index is 12.6. The van der Waals surface area contributed by atoms with Crippen LogP contribution in [-0.4, -0.2) is 30.8 Å². The Morgan fingerprint density at radius 2 is 1.81 bits per heavy atom. The molecule has 1 atom stereocenters. The molecule has 0 bridgehead atoms. The first-order chi connectivity index (χ1) is 12.3. The standard InChI is InChI=1S/C18H18N6O2/c1-9-8-10(2)21-17(20-9)24-15(19)14(11(3)23-24)18(26)12-6-4-5-7-13(12)22-16(18)25/h4-8,26H,19H2,1-3H3,(H,22,25). The number of amides is 1. The van der Waals surface area contributed by atoms with E-state index in [1.54, 1.807) is 31.2 Å². The number of nitrogens with two attached hydrogens (primary N) is 1. The van der Waals surface area contributed by atoms with Gasteiger partial charge in [0.25, 0.3) is 11.9 Å². The first kappa shape index (κ1) is 16.2. The van der Waals surface area contributed by atoms with Crippen LogP contribution in [0.3, 0.4) is 0 Å². The van der Waals surface area contributed by atoms with Gasteiger partial charge in [-0.1, -0.05) is 18.2 Å². The van der Waals surface area contributed by atoms with Gasteiger partial charge in [-0.05, 0) is 32.9 Å². The summed E-state index contributed by atoms with van der Waals surface area (Å²) in [5.41, 5.74) is 7.59. The van der Waals surface area contributed by atoms with Gasteiger partial charge < -0.3 is 16.2 Å². The van der Waals surface area contributed by atoms with Crippen LogP contribution in [0.1, 0.15) is 28.2 Å². The summed E-state index contributed by atoms with van der Waals surface area (Å²) in [4.78, 5) is 21.3. The summed E-state index contributed by atoms with van der Waals surface area (Å²) in [6.45, 7) is 5.39. The van der Waals surface area contributed by atoms with Gasteiger partial charge in [-0.3, -0.25) is 4.79 Å². The number of hydrogen-bond donors (Lipinski definition) is 3. The van der Waals surface area contributed by atoms with Crippen LogP contribution in [-0.2, 0) is 10.4 Å². The number of fused-ring (bicyclic) bond motifs is 1. The summed E-state index contributed by atoms with van der Waals surface area (Å²) in [5, 5.41) is 18.4. The van der Waals surface area contributed by atoms with E-state index in [4.69, 9.17) is 5.73 Å². The average molecular weight is 350 g/mol. The number of carbonyl (C=O) groups excluding carboxylic acids is 1. The molecule has 8 heteroatoms. The van der Waals surface area contributed by atoms with E-state index in [0.717, 1.165) is 11.4 Å². The number of aromatic nitrogens is 4. The topological polar surface area (TPSA) is 119 Å². The average Bonchev–Trinajstić information content (AvgIpc) is 3.01. The molecule has 3 heterocycles. The van der Waals surface area contributed by atoms with Gasteiger partial charge in [0.1, 0.15) is 5.82 Å². The van der Waals surface area contributed by atoms with Crippen molar-refractivity contribution in [2.45, 2.75) is 26.4 Å². The molecule has 1 aliphatic heterocycles. The molecule has 0 saturated carbocycles. The number of aryl methyl sites for hydroxylation is 3. The van der Waals surface area contributed by atoms with E-state index in [0.29, 0.717) is 22.9 Å². The maximum Gasteiger partial charge on any atom is 0.266 e. The van der Waals surface area contributed by atoms with Crippen LogP contribution in [0.15, 0.2) is 30.3 Å². The summed E-state index contributed by atoms with van der Waals surface area (Å²) in [7, 11) is 0. The second-order valence-electron chi connectivity index (χ2n) is 6.42. The predicted molar refractivity (Wildman–Crippen MR) is 95.8 cm³/mol. The quantitative estimate of drug-likeness (QED) is 0.642. The highest BCUT2D eigenvalue weighted by Crippen LogP contribution is 2.44. The number of carbonyl (C=O) groups is 1. The molecule has 26 heavy (non-hydrogen) atoms. The second-order valence-corrected chi connectivity index (χ2v) is 6.42. The SMILES string of the molecule is Cc1cc(C)nc(-n2nc(C)c(C3(O)C(=O)Nc4ccccc43)c2N)n1. The third-order valence-electron chi connectivity index (χ3n) is 4.51. The zero-order chi connectivity index (χ0) is 18.6. The van der Waals surface area contributed by atoms with Crippen LogP contribution >= 0.6 is 0 Å². The molecule has 4 rings (SSSR count). The van der Waals surface area contributed by atoms with Crippen LogP contribution < -0.4 is 11.1 Å². The van der Waals surface area contributed by atoms with Crippen molar-refractivity contribution in [3.05, 3.63) is 58.5 Å². The smallest absolute Gasteiger partial charge is 0.266 e. The molecule has 8 nitrogen and oxygen atoms in total. The molecule has 1 aromatic carbocycles. The highest BCUT2D eigenvalue weighted by molar-refractivity contribution is 6.08. The zero-order valence-corrected chi connectivity index (χ0v) is 14.6. The Morgan fingerprint density at radius 1 is 1.15 bits per heavy atom. The van der Waals surface area contributed by atoms with Crippen molar-refractivity contribution in [1.82, 2.24) is 19.7 Å². The first-order valence-corrected chi connectivity index (χ1v) is 8.14. The van der Waals surface area contributed by atoms with Crippen LogP contribution in [0.5, 0.6) is 0 Å². The molecule has 0 aliphatic carbocycles. The Balaban J connectivity index is 1.95. The fraction of sp³-hybridized carbons (Fsp3) is 0.222. The van der Waals surface area contributed by atoms with Crippen molar-refractivity contribution in [2.75, 3.05) is 11.1 Å². The molecule has 132 valence electrons. The molecule has 2 aromatic heterocycles. The second kappa shape index (κ2) is 5.37. The Morgan fingerprint density at radius 3 is 2.50 bits per heavy atom. The van der Waals surface area contributed by atoms with Crippen LogP contribution in [0.25, 0.3) is 5.95 Å². The van der Waals surface area contributed by atoms with E-state index < -0.39 is 11.5 Å². The minimum absolute atomic E-state index is 0.127. The van der Waals surface area contributed by atoms with Crippen molar-refractivity contribution < 1.29 is 9.90 Å². The van der Waals surface area contributed by atoms with Gasteiger partial charge in [0.2, 0.25) is 5.60 Å². The third-order valence-corrected chi connectivity index (χ3v) is 4.51. The molecule has 0 saturated heterocycles. The highest BCUT2D eigenvalue weighted by Gasteiger charge is 2.50. The largest absolute Gasteiger partial charge is 0.383 e. The zero-order valence-electron chi connectivity index (χ0n) is 14.6. The van der Waals surface area contributed by atoms with Crippen molar-refractivity contribution in [3.8, 4) is 5.95 Å². The van der Waals surface area contributed by atoms with E-state index in [9.17, 15) is 9.90 Å². The molecule has 1 aliphatic rings. The lowest BCUT2D eigenvalue weighted by Gasteiger charge is -2.21. The maximum atomic E-state index is 12.6. The third kappa shape index (κ3) is 2.12. The van der Waals surface area contributed by atoms with Gasteiger partial charge in [-0.25, -0.2) is 9.97 Å². The van der Waals surface area contributed by atoms with Crippen molar-refractivity contribution in [2.24, 2.45) is 0 Å². The molecule has 0 spiro atoms. The van der Waals surface area contributed by atoms with Gasteiger partial charge in [-0.2, -0.15) is 9.78 Å². The minimum Gasteiger partial charge on any atom is -0.383 e. The normalized spacial score (nSPS) is 18.7. The molecule has 1 unspecified atom stereocenters. The summed E-state index contributed by atoms with van der Waals surface area (Å²) < 4.78 is 1.36. The van der Waals surface area contributed by atoms with Crippen molar-refractivity contribution in [3.63, 3.8) is 0 Å². The lowest BCUT2D eigenvalue weighted by atomic mass is 9.87. The summed E-state index contributed by atoms with van der Waals surface area (Å²) in [5.74, 6) is -0.138. The van der Waals surface area contributed by atoms with E-state index >= 15 is 0 Å². The number of nitrogens with one attached hydrogen (secondary N) is 1.